The molecule has 0 amide bonds. The van der Waals surface area contributed by atoms with Crippen LogP contribution >= 0.6 is 43.4 Å². The molecule has 94 valence electrons. The van der Waals surface area contributed by atoms with Gasteiger partial charge in [-0.15, -0.1) is 0 Å². The molecule has 1 unspecified atom stereocenters. The zero-order chi connectivity index (χ0) is 13.1. The van der Waals surface area contributed by atoms with Gasteiger partial charge in [0.25, 0.3) is 0 Å². The van der Waals surface area contributed by atoms with Crippen molar-refractivity contribution >= 4 is 73.1 Å². The van der Waals surface area contributed by atoms with Crippen LogP contribution in [0.1, 0.15) is 10.4 Å². The van der Waals surface area contributed by atoms with Gasteiger partial charge in [0.2, 0.25) is 0 Å². The van der Waals surface area contributed by atoms with Crippen LogP contribution in [0.15, 0.2) is 42.5 Å². The van der Waals surface area contributed by atoms with Crippen molar-refractivity contribution in [2.45, 2.75) is 0 Å². The molecule has 0 aliphatic rings. The van der Waals surface area contributed by atoms with Crippen molar-refractivity contribution in [1.29, 1.82) is 0 Å². The Morgan fingerprint density at radius 1 is 0.895 bits per heavy atom. The molecular weight excluding hydrogens is 316 g/mol. The van der Waals surface area contributed by atoms with Gasteiger partial charge >= 0.3 is 18.9 Å². The summed E-state index contributed by atoms with van der Waals surface area (Å²) in [5, 5.41) is 1.83. The number of hydrogen-bond acceptors (Lipinski definition) is 1. The maximum absolute atomic E-state index is 12.2. The van der Waals surface area contributed by atoms with Crippen molar-refractivity contribution in [3.8, 4) is 0 Å². The van der Waals surface area contributed by atoms with Crippen LogP contribution in [0.5, 0.6) is 0 Å². The van der Waals surface area contributed by atoms with E-state index in [9.17, 15) is 4.79 Å². The Labute approximate surface area is 140 Å². The molecule has 0 N–H and O–H groups in total. The summed E-state index contributed by atoms with van der Waals surface area (Å²) in [4.78, 5) is 12.2. The first-order valence-corrected chi connectivity index (χ1v) is 7.23. The summed E-state index contributed by atoms with van der Waals surface area (Å²) in [6.07, 6.45) is 0. The molecule has 0 bridgehead atoms. The summed E-state index contributed by atoms with van der Waals surface area (Å²) < 4.78 is 0. The van der Waals surface area contributed by atoms with Crippen LogP contribution in [-0.4, -0.2) is 24.4 Å². The third-order valence-corrected chi connectivity index (χ3v) is 4.52. The Kier molecular flexibility index (Phi) is 6.91. The van der Waals surface area contributed by atoms with Gasteiger partial charge in [0.1, 0.15) is 0 Å². The fourth-order valence-corrected chi connectivity index (χ4v) is 3.31. The third-order valence-electron chi connectivity index (χ3n) is 2.30. The molecule has 1 atom stereocenters. The van der Waals surface area contributed by atoms with Crippen LogP contribution in [-0.2, 0) is 0 Å². The van der Waals surface area contributed by atoms with E-state index in [1.165, 1.54) is 0 Å². The van der Waals surface area contributed by atoms with Crippen LogP contribution in [0.4, 0.5) is 0 Å². The summed E-state index contributed by atoms with van der Waals surface area (Å²) in [7, 11) is -0.0216. The van der Waals surface area contributed by atoms with Crippen molar-refractivity contribution in [2.24, 2.45) is 0 Å². The molecule has 0 aliphatic heterocycles. The molecule has 0 saturated carbocycles. The van der Waals surface area contributed by atoms with E-state index in [0.29, 0.717) is 15.6 Å². The van der Waals surface area contributed by atoms with E-state index in [0.717, 1.165) is 5.30 Å². The van der Waals surface area contributed by atoms with E-state index in [4.69, 9.17) is 34.8 Å². The number of carbonyl (C=O) groups is 1. The molecular formula is C13H9Cl3LiOP. The fourth-order valence-electron chi connectivity index (χ4n) is 1.45. The van der Waals surface area contributed by atoms with Gasteiger partial charge in [0, 0.05) is 0 Å². The molecule has 6 heteroatoms. The van der Waals surface area contributed by atoms with E-state index in [1.807, 2.05) is 30.3 Å². The van der Waals surface area contributed by atoms with Gasteiger partial charge in [-0.05, 0) is 26.0 Å². The van der Waals surface area contributed by atoms with Crippen LogP contribution in [0.3, 0.4) is 0 Å². The summed E-state index contributed by atoms with van der Waals surface area (Å²) in [5.74, 6) is 0. The van der Waals surface area contributed by atoms with Gasteiger partial charge in [-0.1, -0.05) is 65.1 Å². The number of rotatable bonds is 3. The Morgan fingerprint density at radius 2 is 1.47 bits per heavy atom. The summed E-state index contributed by atoms with van der Waals surface area (Å²) in [6.45, 7) is 0. The number of carbonyl (C=O) groups excluding carboxylic acids is 1. The van der Waals surface area contributed by atoms with Gasteiger partial charge in [0.15, 0.2) is 5.52 Å². The monoisotopic (exact) mass is 324 g/mol. The minimum atomic E-state index is -0.112. The Hall–Kier alpha value is 0.00740. The molecule has 0 spiro atoms. The quantitative estimate of drug-likeness (QED) is 0.471. The second-order valence-corrected chi connectivity index (χ2v) is 6.01. The maximum atomic E-state index is 12.2. The van der Waals surface area contributed by atoms with Gasteiger partial charge < -0.3 is 0 Å². The minimum absolute atomic E-state index is 0. The predicted octanol–water partition coefficient (Wildman–Crippen LogP) is 4.14. The molecule has 0 aliphatic carbocycles. The van der Waals surface area contributed by atoms with Crippen molar-refractivity contribution < 1.29 is 4.79 Å². The van der Waals surface area contributed by atoms with E-state index in [-0.39, 0.29) is 38.0 Å². The second kappa shape index (κ2) is 7.70. The molecule has 2 aromatic rings. The van der Waals surface area contributed by atoms with Crippen molar-refractivity contribution in [3.63, 3.8) is 0 Å². The fraction of sp³-hybridized carbons (Fsp3) is 0. The van der Waals surface area contributed by atoms with Crippen LogP contribution < -0.4 is 5.30 Å². The molecule has 0 fully saturated rings. The SMILES string of the molecule is O=C(Pc1ccccc1)c1c(Cl)ccc(Cl)c1Cl.[LiH]. The van der Waals surface area contributed by atoms with E-state index < -0.39 is 0 Å². The van der Waals surface area contributed by atoms with Crippen LogP contribution in [0.2, 0.25) is 15.1 Å². The van der Waals surface area contributed by atoms with Gasteiger partial charge in [-0.25, -0.2) is 0 Å². The van der Waals surface area contributed by atoms with Gasteiger partial charge in [-0.2, -0.15) is 0 Å². The molecule has 2 rings (SSSR count). The first-order valence-electron chi connectivity index (χ1n) is 5.09. The first kappa shape index (κ1) is 17.1. The number of hydrogen-bond donors (Lipinski definition) is 0. The summed E-state index contributed by atoms with van der Waals surface area (Å²) >= 11 is 17.9. The van der Waals surface area contributed by atoms with E-state index in [1.54, 1.807) is 12.1 Å². The van der Waals surface area contributed by atoms with Crippen molar-refractivity contribution in [2.75, 3.05) is 0 Å². The van der Waals surface area contributed by atoms with E-state index >= 15 is 0 Å². The molecule has 19 heavy (non-hydrogen) atoms. The zero-order valence-electron chi connectivity index (χ0n) is 9.08. The number of benzene rings is 2. The molecule has 0 radical (unpaired) electrons. The molecule has 1 nitrogen and oxygen atoms in total. The molecule has 0 aromatic heterocycles. The normalized spacial score (nSPS) is 10.5. The Balaban J connectivity index is 0.00000180. The molecule has 2 aromatic carbocycles. The van der Waals surface area contributed by atoms with Gasteiger partial charge in [0.05, 0.1) is 20.6 Å². The second-order valence-electron chi connectivity index (χ2n) is 3.54. The average molecular weight is 325 g/mol. The molecule has 0 heterocycles. The topological polar surface area (TPSA) is 17.1 Å². The Morgan fingerprint density at radius 3 is 2.11 bits per heavy atom. The third kappa shape index (κ3) is 4.24. The first-order chi connectivity index (χ1) is 8.59. The van der Waals surface area contributed by atoms with Crippen LogP contribution in [0.25, 0.3) is 0 Å². The van der Waals surface area contributed by atoms with E-state index in [2.05, 4.69) is 0 Å². The zero-order valence-corrected chi connectivity index (χ0v) is 12.4. The summed E-state index contributed by atoms with van der Waals surface area (Å²) in [5.41, 5.74) is 0.187. The van der Waals surface area contributed by atoms with Crippen molar-refractivity contribution in [1.82, 2.24) is 0 Å². The molecule has 0 saturated heterocycles. The predicted molar refractivity (Wildman–Crippen MR) is 87.3 cm³/mol. The average Bonchev–Trinajstić information content (AvgIpc) is 2.36. The Bertz CT molecular complexity index is 590. The number of halogens is 3. The standard InChI is InChI=1S/C13H8Cl3OP.Li.H/c14-9-6-7-10(15)12(16)11(9)13(17)18-8-4-2-1-3-5-8;;/h1-7,18H;;. The summed E-state index contributed by atoms with van der Waals surface area (Å²) in [6, 6.07) is 12.6. The van der Waals surface area contributed by atoms with Gasteiger partial charge in [-0.3, -0.25) is 4.79 Å². The van der Waals surface area contributed by atoms with Crippen molar-refractivity contribution in [3.05, 3.63) is 63.1 Å². The van der Waals surface area contributed by atoms with Crippen LogP contribution in [0, 0.1) is 0 Å².